The van der Waals surface area contributed by atoms with Gasteiger partial charge in [-0.2, -0.15) is 9.97 Å². The number of benzene rings is 1. The van der Waals surface area contributed by atoms with Gasteiger partial charge >= 0.3 is 6.01 Å². The lowest BCUT2D eigenvalue weighted by molar-refractivity contribution is 0.382. The van der Waals surface area contributed by atoms with Crippen LogP contribution >= 0.6 is 11.3 Å². The van der Waals surface area contributed by atoms with Gasteiger partial charge in [-0.3, -0.25) is 4.98 Å². The third-order valence-electron chi connectivity index (χ3n) is 3.84. The van der Waals surface area contributed by atoms with Crippen LogP contribution in [-0.4, -0.2) is 22.1 Å². The van der Waals surface area contributed by atoms with Crippen LogP contribution in [0.15, 0.2) is 60.1 Å². The lowest BCUT2D eigenvalue weighted by Crippen LogP contribution is -2.05. The Hall–Kier alpha value is -2.99. The molecule has 0 spiro atoms. The van der Waals surface area contributed by atoms with E-state index in [4.69, 9.17) is 4.74 Å². The molecular weight excluding hydrogens is 332 g/mol. The van der Waals surface area contributed by atoms with Crippen LogP contribution in [0.2, 0.25) is 0 Å². The smallest absolute Gasteiger partial charge is 0.319 e. The quantitative estimate of drug-likeness (QED) is 0.580. The van der Waals surface area contributed by atoms with Crippen molar-refractivity contribution in [3.8, 4) is 17.1 Å². The SMILES string of the molecule is COc1nc(NCc2ccccn2)c2c(-c3ccccc3)csc2n1. The number of pyridine rings is 1. The van der Waals surface area contributed by atoms with Gasteiger partial charge in [-0.15, -0.1) is 11.3 Å². The third-order valence-corrected chi connectivity index (χ3v) is 4.72. The lowest BCUT2D eigenvalue weighted by atomic mass is 10.1. The highest BCUT2D eigenvalue weighted by Gasteiger charge is 2.15. The first kappa shape index (κ1) is 15.5. The van der Waals surface area contributed by atoms with E-state index in [1.165, 1.54) is 0 Å². The minimum absolute atomic E-state index is 0.359. The Kier molecular flexibility index (Phi) is 4.26. The topological polar surface area (TPSA) is 59.9 Å². The van der Waals surface area contributed by atoms with Crippen LogP contribution in [0.3, 0.4) is 0 Å². The second kappa shape index (κ2) is 6.86. The van der Waals surface area contributed by atoms with Crippen molar-refractivity contribution in [2.45, 2.75) is 6.54 Å². The van der Waals surface area contributed by atoms with Crippen molar-refractivity contribution in [2.75, 3.05) is 12.4 Å². The van der Waals surface area contributed by atoms with Crippen molar-refractivity contribution in [3.63, 3.8) is 0 Å². The average molecular weight is 348 g/mol. The molecule has 0 bridgehead atoms. The summed E-state index contributed by atoms with van der Waals surface area (Å²) in [5.74, 6) is 0.757. The van der Waals surface area contributed by atoms with E-state index in [1.54, 1.807) is 24.6 Å². The second-order valence-electron chi connectivity index (χ2n) is 5.43. The summed E-state index contributed by atoms with van der Waals surface area (Å²) in [5, 5.41) is 6.51. The summed E-state index contributed by atoms with van der Waals surface area (Å²) >= 11 is 1.59. The monoisotopic (exact) mass is 348 g/mol. The molecule has 1 aromatic carbocycles. The number of nitrogens with zero attached hydrogens (tertiary/aromatic N) is 3. The summed E-state index contributed by atoms with van der Waals surface area (Å²) < 4.78 is 5.26. The molecule has 0 fully saturated rings. The normalized spacial score (nSPS) is 10.8. The largest absolute Gasteiger partial charge is 0.467 e. The van der Waals surface area contributed by atoms with E-state index in [-0.39, 0.29) is 0 Å². The highest BCUT2D eigenvalue weighted by atomic mass is 32.1. The zero-order valence-corrected chi connectivity index (χ0v) is 14.5. The fourth-order valence-corrected chi connectivity index (χ4v) is 3.59. The van der Waals surface area contributed by atoms with Gasteiger partial charge in [-0.05, 0) is 17.7 Å². The number of nitrogens with one attached hydrogen (secondary N) is 1. The third kappa shape index (κ3) is 3.16. The molecule has 5 nitrogen and oxygen atoms in total. The Bertz CT molecular complexity index is 986. The molecule has 0 aliphatic carbocycles. The van der Waals surface area contributed by atoms with Gasteiger partial charge in [0, 0.05) is 17.1 Å². The Labute approximate surface area is 149 Å². The van der Waals surface area contributed by atoms with Crippen molar-refractivity contribution in [1.82, 2.24) is 15.0 Å². The number of hydrogen-bond acceptors (Lipinski definition) is 6. The van der Waals surface area contributed by atoms with Crippen molar-refractivity contribution in [3.05, 3.63) is 65.8 Å². The van der Waals surface area contributed by atoms with E-state index in [9.17, 15) is 0 Å². The van der Waals surface area contributed by atoms with E-state index >= 15 is 0 Å². The molecule has 1 N–H and O–H groups in total. The molecular formula is C19H16N4OS. The standard InChI is InChI=1S/C19H16N4OS/c1-24-19-22-17(21-11-14-9-5-6-10-20-14)16-15(12-25-18(16)23-19)13-7-3-2-4-8-13/h2-10,12H,11H2,1H3,(H,21,22,23). The highest BCUT2D eigenvalue weighted by molar-refractivity contribution is 7.17. The predicted molar refractivity (Wildman–Crippen MR) is 101 cm³/mol. The van der Waals surface area contributed by atoms with Gasteiger partial charge in [0.05, 0.1) is 24.7 Å². The summed E-state index contributed by atoms with van der Waals surface area (Å²) in [6, 6.07) is 16.5. The number of thiophene rings is 1. The minimum atomic E-state index is 0.359. The molecule has 0 amide bonds. The van der Waals surface area contributed by atoms with E-state index < -0.39 is 0 Å². The maximum Gasteiger partial charge on any atom is 0.319 e. The van der Waals surface area contributed by atoms with Crippen molar-refractivity contribution in [1.29, 1.82) is 0 Å². The Morgan fingerprint density at radius 3 is 2.64 bits per heavy atom. The Balaban J connectivity index is 1.79. The maximum atomic E-state index is 5.26. The van der Waals surface area contributed by atoms with Crippen LogP contribution < -0.4 is 10.1 Å². The fourth-order valence-electron chi connectivity index (χ4n) is 2.65. The molecule has 0 atom stereocenters. The number of anilines is 1. The second-order valence-corrected chi connectivity index (χ2v) is 6.29. The summed E-state index contributed by atoms with van der Waals surface area (Å²) in [6.07, 6.45) is 1.78. The first-order valence-electron chi connectivity index (χ1n) is 7.87. The lowest BCUT2D eigenvalue weighted by Gasteiger charge is -2.10. The Morgan fingerprint density at radius 1 is 1.04 bits per heavy atom. The van der Waals surface area contributed by atoms with E-state index in [0.717, 1.165) is 32.9 Å². The summed E-state index contributed by atoms with van der Waals surface area (Å²) in [5.41, 5.74) is 3.21. The predicted octanol–water partition coefficient (Wildman–Crippen LogP) is 4.37. The maximum absolute atomic E-state index is 5.26. The summed E-state index contributed by atoms with van der Waals surface area (Å²) in [4.78, 5) is 14.3. The molecule has 6 heteroatoms. The van der Waals surface area contributed by atoms with E-state index in [2.05, 4.69) is 37.8 Å². The van der Waals surface area contributed by atoms with E-state index in [0.29, 0.717) is 12.6 Å². The summed E-state index contributed by atoms with van der Waals surface area (Å²) in [6.45, 7) is 0.584. The van der Waals surface area contributed by atoms with Crippen LogP contribution in [-0.2, 0) is 6.54 Å². The van der Waals surface area contributed by atoms with Gasteiger partial charge in [0.25, 0.3) is 0 Å². The van der Waals surface area contributed by atoms with Crippen LogP contribution in [0.5, 0.6) is 6.01 Å². The van der Waals surface area contributed by atoms with Crippen molar-refractivity contribution < 1.29 is 4.74 Å². The molecule has 4 rings (SSSR count). The number of hydrogen-bond donors (Lipinski definition) is 1. The van der Waals surface area contributed by atoms with Crippen molar-refractivity contribution in [2.24, 2.45) is 0 Å². The number of rotatable bonds is 5. The number of aromatic nitrogens is 3. The van der Waals surface area contributed by atoms with Gasteiger partial charge in [-0.1, -0.05) is 36.4 Å². The molecule has 0 unspecified atom stereocenters. The first-order chi connectivity index (χ1) is 12.3. The molecule has 0 aliphatic heterocycles. The zero-order valence-electron chi connectivity index (χ0n) is 13.6. The Morgan fingerprint density at radius 2 is 1.88 bits per heavy atom. The van der Waals surface area contributed by atoms with Gasteiger partial charge in [-0.25, -0.2) is 0 Å². The first-order valence-corrected chi connectivity index (χ1v) is 8.75. The van der Waals surface area contributed by atoms with Gasteiger partial charge in [0.1, 0.15) is 10.6 Å². The molecule has 25 heavy (non-hydrogen) atoms. The number of ether oxygens (including phenoxy) is 1. The highest BCUT2D eigenvalue weighted by Crippen LogP contribution is 2.37. The van der Waals surface area contributed by atoms with Crippen LogP contribution in [0.1, 0.15) is 5.69 Å². The molecule has 0 saturated carbocycles. The zero-order chi connectivity index (χ0) is 17.1. The average Bonchev–Trinajstić information content (AvgIpc) is 3.11. The van der Waals surface area contributed by atoms with Crippen LogP contribution in [0.25, 0.3) is 21.3 Å². The van der Waals surface area contributed by atoms with E-state index in [1.807, 2.05) is 36.4 Å². The number of fused-ring (bicyclic) bond motifs is 1. The van der Waals surface area contributed by atoms with Gasteiger partial charge < -0.3 is 10.1 Å². The minimum Gasteiger partial charge on any atom is -0.467 e. The molecule has 0 aliphatic rings. The van der Waals surface area contributed by atoms with Gasteiger partial charge in [0.15, 0.2) is 0 Å². The van der Waals surface area contributed by atoms with Crippen LogP contribution in [0.4, 0.5) is 5.82 Å². The van der Waals surface area contributed by atoms with Crippen LogP contribution in [0, 0.1) is 0 Å². The summed E-state index contributed by atoms with van der Waals surface area (Å²) in [7, 11) is 1.58. The molecule has 0 radical (unpaired) electrons. The molecule has 124 valence electrons. The molecule has 3 aromatic heterocycles. The fraction of sp³-hybridized carbons (Fsp3) is 0.105. The number of methoxy groups -OCH3 is 1. The molecule has 4 aromatic rings. The molecule has 0 saturated heterocycles. The van der Waals surface area contributed by atoms with Gasteiger partial charge in [0.2, 0.25) is 0 Å². The molecule has 3 heterocycles. The van der Waals surface area contributed by atoms with Crippen molar-refractivity contribution >= 4 is 27.4 Å².